The van der Waals surface area contributed by atoms with Crippen molar-refractivity contribution in [2.45, 2.75) is 37.8 Å². The summed E-state index contributed by atoms with van der Waals surface area (Å²) in [5.41, 5.74) is -0.0653. The number of ether oxygens (including phenoxy) is 1. The maximum atomic E-state index is 14.7. The van der Waals surface area contributed by atoms with Crippen LogP contribution < -0.4 is 15.4 Å². The Bertz CT molecular complexity index is 908. The van der Waals surface area contributed by atoms with E-state index in [4.69, 9.17) is 20.1 Å². The monoisotopic (exact) mass is 458 g/mol. The molecule has 10 heteroatoms. The van der Waals surface area contributed by atoms with Gasteiger partial charge in [0.05, 0.1) is 38.7 Å². The summed E-state index contributed by atoms with van der Waals surface area (Å²) < 4.78 is 48.2. The van der Waals surface area contributed by atoms with E-state index in [0.717, 1.165) is 6.07 Å². The summed E-state index contributed by atoms with van der Waals surface area (Å²) in [7, 11) is 1.32. The van der Waals surface area contributed by atoms with Gasteiger partial charge in [0.15, 0.2) is 11.6 Å². The number of hydrogen-bond donors (Lipinski definition) is 6. The lowest BCUT2D eigenvalue weighted by atomic mass is 10.1. The predicted molar refractivity (Wildman–Crippen MR) is 115 cm³/mol. The second kappa shape index (κ2) is 11.4. The van der Waals surface area contributed by atoms with E-state index in [9.17, 15) is 18.3 Å². The molecular weight excluding hydrogens is 429 g/mol. The van der Waals surface area contributed by atoms with E-state index in [1.807, 2.05) is 0 Å². The molecule has 0 spiro atoms. The molecule has 0 aromatic heterocycles. The van der Waals surface area contributed by atoms with E-state index in [1.165, 1.54) is 19.2 Å². The molecule has 1 aliphatic rings. The van der Waals surface area contributed by atoms with Gasteiger partial charge in [-0.15, -0.1) is 0 Å². The highest BCUT2D eigenvalue weighted by atomic mass is 19.2. The second-order valence-electron chi connectivity index (χ2n) is 7.63. The molecular formula is C22H29F3N2O5. The van der Waals surface area contributed by atoms with E-state index in [0.29, 0.717) is 18.4 Å². The molecule has 1 aliphatic carbocycles. The summed E-state index contributed by atoms with van der Waals surface area (Å²) in [5, 5.41) is 39.9. The van der Waals surface area contributed by atoms with Crippen LogP contribution in [0.1, 0.15) is 24.8 Å². The highest BCUT2D eigenvalue weighted by Gasteiger charge is 2.45. The number of hydrogen-bond acceptors (Lipinski definition) is 7. The maximum absolute atomic E-state index is 14.7. The minimum atomic E-state index is -1.18. The molecule has 7 nitrogen and oxygen atoms in total. The van der Waals surface area contributed by atoms with E-state index >= 15 is 0 Å². The van der Waals surface area contributed by atoms with Crippen molar-refractivity contribution >= 4 is 17.1 Å². The lowest BCUT2D eigenvalue weighted by Crippen LogP contribution is -2.29. The van der Waals surface area contributed by atoms with Crippen LogP contribution in [0, 0.1) is 24.4 Å². The molecule has 1 fully saturated rings. The van der Waals surface area contributed by atoms with Gasteiger partial charge in [0.2, 0.25) is 0 Å². The molecule has 0 radical (unpaired) electrons. The number of aliphatic hydroxyl groups is 4. The fraction of sp³-hybridized carbons (Fsp3) is 0.455. The Morgan fingerprint density at radius 1 is 1.03 bits per heavy atom. The number of methoxy groups -OCH3 is 1. The minimum absolute atomic E-state index is 0.0135. The highest BCUT2D eigenvalue weighted by molar-refractivity contribution is 5.81. The van der Waals surface area contributed by atoms with Crippen molar-refractivity contribution in [1.29, 1.82) is 0 Å². The Labute approximate surface area is 184 Å². The van der Waals surface area contributed by atoms with Gasteiger partial charge in [-0.1, -0.05) is 6.07 Å². The van der Waals surface area contributed by atoms with Crippen LogP contribution in [0.2, 0.25) is 0 Å². The van der Waals surface area contributed by atoms with Gasteiger partial charge in [-0.25, -0.2) is 13.2 Å². The third-order valence-corrected chi connectivity index (χ3v) is 4.97. The first-order chi connectivity index (χ1) is 15.2. The molecule has 1 unspecified atom stereocenters. The largest absolute Gasteiger partial charge is 0.494 e. The van der Waals surface area contributed by atoms with Gasteiger partial charge in [-0.05, 0) is 43.9 Å². The molecule has 2 aromatic carbocycles. The summed E-state index contributed by atoms with van der Waals surface area (Å²) in [6, 6.07) is 5.28. The van der Waals surface area contributed by atoms with E-state index in [-0.39, 0.29) is 42.4 Å². The molecule has 1 atom stereocenters. The third kappa shape index (κ3) is 6.49. The van der Waals surface area contributed by atoms with Gasteiger partial charge in [0.25, 0.3) is 0 Å². The molecule has 0 heterocycles. The van der Waals surface area contributed by atoms with Gasteiger partial charge in [-0.3, -0.25) is 0 Å². The van der Waals surface area contributed by atoms with Crippen molar-refractivity contribution in [3.8, 4) is 5.75 Å². The van der Waals surface area contributed by atoms with E-state index in [2.05, 4.69) is 10.6 Å². The van der Waals surface area contributed by atoms with Crippen LogP contribution in [-0.2, 0) is 0 Å². The van der Waals surface area contributed by atoms with Crippen molar-refractivity contribution in [3.05, 3.63) is 47.3 Å². The molecule has 32 heavy (non-hydrogen) atoms. The summed E-state index contributed by atoms with van der Waals surface area (Å²) in [6.45, 7) is 1.06. The van der Waals surface area contributed by atoms with Crippen molar-refractivity contribution in [1.82, 2.24) is 0 Å². The fourth-order valence-electron chi connectivity index (χ4n) is 3.17. The average molecular weight is 458 g/mol. The number of benzene rings is 2. The molecule has 0 amide bonds. The van der Waals surface area contributed by atoms with Crippen LogP contribution in [0.5, 0.6) is 5.75 Å². The molecule has 0 saturated heterocycles. The quantitative estimate of drug-likeness (QED) is 0.343. The van der Waals surface area contributed by atoms with E-state index < -0.39 is 35.7 Å². The summed E-state index contributed by atoms with van der Waals surface area (Å²) in [4.78, 5) is 0. The van der Waals surface area contributed by atoms with Gasteiger partial charge in [0, 0.05) is 11.6 Å². The zero-order valence-corrected chi connectivity index (χ0v) is 18.0. The number of halogens is 3. The normalized spacial score (nSPS) is 14.8. The van der Waals surface area contributed by atoms with Crippen molar-refractivity contribution in [2.24, 2.45) is 0 Å². The summed E-state index contributed by atoms with van der Waals surface area (Å²) in [6.07, 6.45) is 0.622. The van der Waals surface area contributed by atoms with Crippen LogP contribution in [0.4, 0.5) is 30.2 Å². The minimum Gasteiger partial charge on any atom is -0.494 e. The lowest BCUT2D eigenvalue weighted by Gasteiger charge is -2.25. The Morgan fingerprint density at radius 2 is 1.69 bits per heavy atom. The Hall–Kier alpha value is -2.53. The third-order valence-electron chi connectivity index (χ3n) is 4.97. The maximum Gasteiger partial charge on any atom is 0.184 e. The lowest BCUT2D eigenvalue weighted by molar-refractivity contribution is 0.0821. The molecule has 1 saturated carbocycles. The number of nitrogens with one attached hydrogen (secondary N) is 2. The Kier molecular flexibility index (Phi) is 9.14. The standard InChI is InChI=1S/C20H23F3N2O3.C2H6O2/c1-11-3-4-15(13(21)7-11)24-19-17(23)14(22)8-16(28-2)18(19)25-20(5-6-20)9-12(27)10-26;3-1-2-4/h3-4,7-8,12,24-27H,5-6,9-10H2,1-2H3;3-4H,1-2H2. The van der Waals surface area contributed by atoms with Gasteiger partial charge in [-0.2, -0.15) is 0 Å². The van der Waals surface area contributed by atoms with Crippen LogP contribution in [0.3, 0.4) is 0 Å². The molecule has 3 rings (SSSR count). The van der Waals surface area contributed by atoms with Crippen molar-refractivity contribution in [2.75, 3.05) is 37.6 Å². The van der Waals surface area contributed by atoms with Gasteiger partial charge < -0.3 is 35.8 Å². The molecule has 178 valence electrons. The number of aryl methyl sites for hydroxylation is 1. The summed E-state index contributed by atoms with van der Waals surface area (Å²) in [5.74, 6) is -2.89. The fourth-order valence-corrected chi connectivity index (χ4v) is 3.17. The van der Waals surface area contributed by atoms with Crippen molar-refractivity contribution in [3.63, 3.8) is 0 Å². The molecule has 6 N–H and O–H groups in total. The Morgan fingerprint density at radius 3 is 2.19 bits per heavy atom. The average Bonchev–Trinajstić information content (AvgIpc) is 3.53. The second-order valence-corrected chi connectivity index (χ2v) is 7.63. The van der Waals surface area contributed by atoms with Crippen LogP contribution in [0.15, 0.2) is 24.3 Å². The van der Waals surface area contributed by atoms with Gasteiger partial charge >= 0.3 is 0 Å². The number of rotatable bonds is 9. The first kappa shape index (κ1) is 25.7. The zero-order chi connectivity index (χ0) is 23.9. The first-order valence-corrected chi connectivity index (χ1v) is 10.1. The first-order valence-electron chi connectivity index (χ1n) is 10.1. The van der Waals surface area contributed by atoms with Crippen LogP contribution in [0.25, 0.3) is 0 Å². The number of aliphatic hydroxyl groups excluding tert-OH is 4. The zero-order valence-electron chi connectivity index (χ0n) is 18.0. The highest BCUT2D eigenvalue weighted by Crippen LogP contribution is 2.48. The van der Waals surface area contributed by atoms with Gasteiger partial charge in [0.1, 0.15) is 22.9 Å². The Balaban J connectivity index is 0.000000837. The number of anilines is 3. The molecule has 0 aliphatic heterocycles. The van der Waals surface area contributed by atoms with Crippen LogP contribution >= 0.6 is 0 Å². The predicted octanol–water partition coefficient (Wildman–Crippen LogP) is 2.82. The molecule has 0 bridgehead atoms. The van der Waals surface area contributed by atoms with Crippen molar-refractivity contribution < 1.29 is 38.3 Å². The summed E-state index contributed by atoms with van der Waals surface area (Å²) >= 11 is 0. The topological polar surface area (TPSA) is 114 Å². The SMILES string of the molecule is COc1cc(F)c(F)c(Nc2ccc(C)cc2F)c1NC1(CC(O)CO)CC1.OCCO. The van der Waals surface area contributed by atoms with E-state index in [1.54, 1.807) is 13.0 Å². The van der Waals surface area contributed by atoms with Crippen LogP contribution in [-0.4, -0.2) is 59.0 Å². The smallest absolute Gasteiger partial charge is 0.184 e. The molecule has 2 aromatic rings.